The summed E-state index contributed by atoms with van der Waals surface area (Å²) < 4.78 is 3.39. The van der Waals surface area contributed by atoms with Crippen LogP contribution in [0.1, 0.15) is 26.7 Å². The summed E-state index contributed by atoms with van der Waals surface area (Å²) in [5.74, 6) is 0.588. The fourth-order valence-corrected chi connectivity index (χ4v) is 1.57. The Kier molecular flexibility index (Phi) is 3.34. The van der Waals surface area contributed by atoms with Crippen molar-refractivity contribution in [2.75, 3.05) is 0 Å². The number of aryl methyl sites for hydroxylation is 1. The largest absolute Gasteiger partial charge is 0.327 e. The molecule has 0 aliphatic heterocycles. The molecule has 0 N–H and O–H groups in total. The molecule has 0 aliphatic rings. The molecule has 1 aromatic rings. The van der Waals surface area contributed by atoms with Crippen molar-refractivity contribution in [1.29, 1.82) is 0 Å². The highest BCUT2D eigenvalue weighted by atomic mass is 16.1. The maximum absolute atomic E-state index is 11.4. The maximum atomic E-state index is 11.4. The summed E-state index contributed by atoms with van der Waals surface area (Å²) in [6.07, 6.45) is 6.03. The van der Waals surface area contributed by atoms with Crippen molar-refractivity contribution in [1.82, 2.24) is 9.13 Å². The SMILES string of the molecule is CCCC(C)Cn1ccn(C)c1=O. The van der Waals surface area contributed by atoms with Crippen LogP contribution in [0.3, 0.4) is 0 Å². The van der Waals surface area contributed by atoms with Crippen molar-refractivity contribution >= 4 is 0 Å². The molecular formula is C10H18N2O. The smallest absolute Gasteiger partial charge is 0.302 e. The van der Waals surface area contributed by atoms with Crippen LogP contribution in [-0.2, 0) is 13.6 Å². The van der Waals surface area contributed by atoms with Gasteiger partial charge in [0.25, 0.3) is 0 Å². The number of imidazole rings is 1. The van der Waals surface area contributed by atoms with Gasteiger partial charge in [0.1, 0.15) is 0 Å². The Morgan fingerprint density at radius 1 is 1.46 bits per heavy atom. The molecule has 1 heterocycles. The van der Waals surface area contributed by atoms with Crippen molar-refractivity contribution in [2.24, 2.45) is 13.0 Å². The lowest BCUT2D eigenvalue weighted by Crippen LogP contribution is -2.24. The Morgan fingerprint density at radius 2 is 2.15 bits per heavy atom. The van der Waals surface area contributed by atoms with E-state index in [4.69, 9.17) is 0 Å². The minimum Gasteiger partial charge on any atom is -0.302 e. The van der Waals surface area contributed by atoms with Crippen molar-refractivity contribution in [3.05, 3.63) is 22.9 Å². The lowest BCUT2D eigenvalue weighted by atomic mass is 10.1. The fourth-order valence-electron chi connectivity index (χ4n) is 1.57. The number of hydrogen-bond donors (Lipinski definition) is 0. The molecule has 3 nitrogen and oxygen atoms in total. The van der Waals surface area contributed by atoms with E-state index in [2.05, 4.69) is 13.8 Å². The van der Waals surface area contributed by atoms with Gasteiger partial charge in [-0.15, -0.1) is 0 Å². The standard InChI is InChI=1S/C10H18N2O/c1-4-5-9(2)8-12-7-6-11(3)10(12)13/h6-7,9H,4-5,8H2,1-3H3. The van der Waals surface area contributed by atoms with Gasteiger partial charge in [0.05, 0.1) is 0 Å². The van der Waals surface area contributed by atoms with Crippen LogP contribution in [0.2, 0.25) is 0 Å². The number of rotatable bonds is 4. The average Bonchev–Trinajstić information content (AvgIpc) is 2.37. The van der Waals surface area contributed by atoms with E-state index in [1.54, 1.807) is 22.4 Å². The lowest BCUT2D eigenvalue weighted by molar-refractivity contribution is 0.436. The molecule has 1 rings (SSSR count). The summed E-state index contributed by atoms with van der Waals surface area (Å²) >= 11 is 0. The highest BCUT2D eigenvalue weighted by Gasteiger charge is 2.04. The highest BCUT2D eigenvalue weighted by Crippen LogP contribution is 2.06. The second-order valence-corrected chi connectivity index (χ2v) is 3.74. The third-order valence-electron chi connectivity index (χ3n) is 2.31. The first-order chi connectivity index (χ1) is 6.15. The Bertz CT molecular complexity index is 311. The molecule has 0 amide bonds. The van der Waals surface area contributed by atoms with E-state index in [0.29, 0.717) is 5.92 Å². The van der Waals surface area contributed by atoms with Crippen LogP contribution in [-0.4, -0.2) is 9.13 Å². The zero-order valence-corrected chi connectivity index (χ0v) is 8.66. The van der Waals surface area contributed by atoms with Crippen LogP contribution in [0, 0.1) is 5.92 Å². The van der Waals surface area contributed by atoms with E-state index in [0.717, 1.165) is 6.54 Å². The van der Waals surface area contributed by atoms with Gasteiger partial charge in [0, 0.05) is 26.0 Å². The van der Waals surface area contributed by atoms with Gasteiger partial charge in [-0.25, -0.2) is 4.79 Å². The third kappa shape index (κ3) is 2.47. The topological polar surface area (TPSA) is 26.9 Å². The highest BCUT2D eigenvalue weighted by molar-refractivity contribution is 4.80. The van der Waals surface area contributed by atoms with Crippen molar-refractivity contribution in [3.63, 3.8) is 0 Å². The Morgan fingerprint density at radius 3 is 2.62 bits per heavy atom. The van der Waals surface area contributed by atoms with Crippen LogP contribution < -0.4 is 5.69 Å². The Balaban J connectivity index is 2.64. The maximum Gasteiger partial charge on any atom is 0.327 e. The van der Waals surface area contributed by atoms with Crippen LogP contribution in [0.25, 0.3) is 0 Å². The minimum atomic E-state index is 0.0861. The van der Waals surface area contributed by atoms with Crippen molar-refractivity contribution in [2.45, 2.75) is 33.2 Å². The zero-order chi connectivity index (χ0) is 9.84. The van der Waals surface area contributed by atoms with Crippen LogP contribution in [0.4, 0.5) is 0 Å². The van der Waals surface area contributed by atoms with Gasteiger partial charge in [-0.3, -0.25) is 4.57 Å². The molecule has 3 heteroatoms. The van der Waals surface area contributed by atoms with Gasteiger partial charge in [-0.2, -0.15) is 0 Å². The molecule has 13 heavy (non-hydrogen) atoms. The zero-order valence-electron chi connectivity index (χ0n) is 8.66. The van der Waals surface area contributed by atoms with Gasteiger partial charge in [-0.05, 0) is 12.3 Å². The molecule has 0 radical (unpaired) electrons. The summed E-state index contributed by atoms with van der Waals surface area (Å²) in [6, 6.07) is 0. The van der Waals surface area contributed by atoms with Gasteiger partial charge < -0.3 is 4.57 Å². The molecule has 0 bridgehead atoms. The molecule has 0 saturated heterocycles. The molecule has 0 aromatic carbocycles. The van der Waals surface area contributed by atoms with E-state index in [9.17, 15) is 4.79 Å². The molecule has 0 saturated carbocycles. The summed E-state index contributed by atoms with van der Waals surface area (Å²) in [5.41, 5.74) is 0.0861. The second kappa shape index (κ2) is 4.30. The van der Waals surface area contributed by atoms with E-state index < -0.39 is 0 Å². The molecule has 1 unspecified atom stereocenters. The Hall–Kier alpha value is -0.990. The second-order valence-electron chi connectivity index (χ2n) is 3.74. The van der Waals surface area contributed by atoms with Crippen LogP contribution in [0.5, 0.6) is 0 Å². The minimum absolute atomic E-state index is 0.0861. The number of hydrogen-bond acceptors (Lipinski definition) is 1. The lowest BCUT2D eigenvalue weighted by Gasteiger charge is -2.09. The predicted molar refractivity (Wildman–Crippen MR) is 53.7 cm³/mol. The summed E-state index contributed by atoms with van der Waals surface area (Å²) in [4.78, 5) is 11.4. The van der Waals surface area contributed by atoms with E-state index in [-0.39, 0.29) is 5.69 Å². The molecular weight excluding hydrogens is 164 g/mol. The van der Waals surface area contributed by atoms with Crippen LogP contribution >= 0.6 is 0 Å². The monoisotopic (exact) mass is 182 g/mol. The fraction of sp³-hybridized carbons (Fsp3) is 0.700. The molecule has 74 valence electrons. The summed E-state index contributed by atoms with van der Waals surface area (Å²) in [5, 5.41) is 0. The molecule has 1 atom stereocenters. The third-order valence-corrected chi connectivity index (χ3v) is 2.31. The first kappa shape index (κ1) is 10.1. The van der Waals surface area contributed by atoms with E-state index in [1.807, 2.05) is 6.20 Å². The van der Waals surface area contributed by atoms with Gasteiger partial charge >= 0.3 is 5.69 Å². The molecule has 0 spiro atoms. The number of nitrogens with zero attached hydrogens (tertiary/aromatic N) is 2. The van der Waals surface area contributed by atoms with E-state index >= 15 is 0 Å². The van der Waals surface area contributed by atoms with Crippen molar-refractivity contribution in [3.8, 4) is 0 Å². The molecule has 0 aliphatic carbocycles. The quantitative estimate of drug-likeness (QED) is 0.695. The van der Waals surface area contributed by atoms with E-state index in [1.165, 1.54) is 12.8 Å². The average molecular weight is 182 g/mol. The first-order valence-electron chi connectivity index (χ1n) is 4.87. The van der Waals surface area contributed by atoms with Crippen LogP contribution in [0.15, 0.2) is 17.2 Å². The summed E-state index contributed by atoms with van der Waals surface area (Å²) in [7, 11) is 1.78. The Labute approximate surface area is 79.0 Å². The van der Waals surface area contributed by atoms with Gasteiger partial charge in [0.2, 0.25) is 0 Å². The summed E-state index contributed by atoms with van der Waals surface area (Å²) in [6.45, 7) is 5.20. The molecule has 1 aromatic heterocycles. The number of aromatic nitrogens is 2. The van der Waals surface area contributed by atoms with Gasteiger partial charge in [0.15, 0.2) is 0 Å². The molecule has 0 fully saturated rings. The van der Waals surface area contributed by atoms with Crippen molar-refractivity contribution < 1.29 is 0 Å². The van der Waals surface area contributed by atoms with Gasteiger partial charge in [-0.1, -0.05) is 20.3 Å². The predicted octanol–water partition coefficient (Wildman–Crippen LogP) is 1.62. The first-order valence-corrected chi connectivity index (χ1v) is 4.87. The normalized spacial score (nSPS) is 13.2.